The first-order valence-corrected chi connectivity index (χ1v) is 7.53. The second-order valence-electron chi connectivity index (χ2n) is 5.96. The summed E-state index contributed by atoms with van der Waals surface area (Å²) < 4.78 is 0. The summed E-state index contributed by atoms with van der Waals surface area (Å²) in [6.45, 7) is 2.52. The van der Waals surface area contributed by atoms with Gasteiger partial charge in [-0.15, -0.1) is 0 Å². The predicted octanol–water partition coefficient (Wildman–Crippen LogP) is 1.58. The Hall–Kier alpha value is -1.88. The van der Waals surface area contributed by atoms with Crippen molar-refractivity contribution in [2.45, 2.75) is 25.8 Å². The van der Waals surface area contributed by atoms with E-state index in [2.05, 4.69) is 5.32 Å². The minimum absolute atomic E-state index is 0.0343. The monoisotopic (exact) mass is 305 g/mol. The number of benzene rings is 1. The Bertz CT molecular complexity index is 512. The van der Waals surface area contributed by atoms with E-state index in [9.17, 15) is 9.59 Å². The van der Waals surface area contributed by atoms with Crippen molar-refractivity contribution in [2.24, 2.45) is 0 Å². The molecule has 0 fully saturated rings. The molecule has 0 aliphatic heterocycles. The highest BCUT2D eigenvalue weighted by Crippen LogP contribution is 2.19. The zero-order valence-corrected chi connectivity index (χ0v) is 14.2. The smallest absolute Gasteiger partial charge is 0.241 e. The van der Waals surface area contributed by atoms with Gasteiger partial charge < -0.3 is 10.2 Å². The Labute approximate surface area is 133 Å². The average molecular weight is 305 g/mol. The molecule has 0 spiro atoms. The third-order valence-corrected chi connectivity index (χ3v) is 3.49. The molecule has 22 heavy (non-hydrogen) atoms. The number of carbonyl (C=O) groups is 2. The first-order chi connectivity index (χ1) is 10.3. The van der Waals surface area contributed by atoms with Crippen LogP contribution in [0.5, 0.6) is 0 Å². The maximum absolute atomic E-state index is 12.4. The highest BCUT2D eigenvalue weighted by molar-refractivity contribution is 5.83. The number of likely N-dealkylation sites (N-methyl/N-ethyl adjacent to an activating group) is 1. The molecular formula is C17H27N3O2. The normalized spacial score (nSPS) is 12.1. The lowest BCUT2D eigenvalue weighted by molar-refractivity contribution is -0.129. The van der Waals surface area contributed by atoms with Crippen LogP contribution in [0.25, 0.3) is 0 Å². The summed E-state index contributed by atoms with van der Waals surface area (Å²) in [7, 11) is 7.26. The van der Waals surface area contributed by atoms with Gasteiger partial charge in [0.2, 0.25) is 11.8 Å². The van der Waals surface area contributed by atoms with Crippen molar-refractivity contribution in [3.8, 4) is 0 Å². The summed E-state index contributed by atoms with van der Waals surface area (Å²) >= 11 is 0. The van der Waals surface area contributed by atoms with Crippen LogP contribution >= 0.6 is 0 Å². The van der Waals surface area contributed by atoms with Gasteiger partial charge in [0.25, 0.3) is 0 Å². The van der Waals surface area contributed by atoms with E-state index in [1.807, 2.05) is 50.2 Å². The molecule has 0 aliphatic carbocycles. The van der Waals surface area contributed by atoms with Crippen LogP contribution < -0.4 is 5.32 Å². The van der Waals surface area contributed by atoms with E-state index in [0.717, 1.165) is 11.1 Å². The van der Waals surface area contributed by atoms with Crippen molar-refractivity contribution < 1.29 is 9.59 Å². The Balaban J connectivity index is 2.58. The van der Waals surface area contributed by atoms with Crippen LogP contribution in [0.4, 0.5) is 0 Å². The van der Waals surface area contributed by atoms with Crippen LogP contribution in [0.15, 0.2) is 24.3 Å². The molecule has 0 heterocycles. The van der Waals surface area contributed by atoms with E-state index in [0.29, 0.717) is 19.4 Å². The SMILES string of the molecule is Cc1cccc([C@H](C(=O)NCCCC(=O)N(C)C)N(C)C)c1. The predicted molar refractivity (Wildman–Crippen MR) is 88.5 cm³/mol. The van der Waals surface area contributed by atoms with Gasteiger partial charge in [0.05, 0.1) is 0 Å². The molecular weight excluding hydrogens is 278 g/mol. The highest BCUT2D eigenvalue weighted by Gasteiger charge is 2.22. The Kier molecular flexibility index (Phi) is 7.05. The fraction of sp³-hybridized carbons (Fsp3) is 0.529. The summed E-state index contributed by atoms with van der Waals surface area (Å²) in [5.74, 6) is 0.0463. The number of hydrogen-bond acceptors (Lipinski definition) is 3. The van der Waals surface area contributed by atoms with Crippen LogP contribution in [0, 0.1) is 6.92 Å². The molecule has 0 saturated carbocycles. The van der Waals surface area contributed by atoms with Gasteiger partial charge in [-0.1, -0.05) is 29.8 Å². The molecule has 1 N–H and O–H groups in total. The van der Waals surface area contributed by atoms with Crippen molar-refractivity contribution in [2.75, 3.05) is 34.7 Å². The summed E-state index contributed by atoms with van der Waals surface area (Å²) in [5, 5.41) is 2.92. The van der Waals surface area contributed by atoms with E-state index in [1.165, 1.54) is 0 Å². The third kappa shape index (κ3) is 5.48. The van der Waals surface area contributed by atoms with Crippen LogP contribution in [0.2, 0.25) is 0 Å². The Morgan fingerprint density at radius 2 is 1.86 bits per heavy atom. The largest absolute Gasteiger partial charge is 0.354 e. The second-order valence-corrected chi connectivity index (χ2v) is 5.96. The van der Waals surface area contributed by atoms with Crippen molar-refractivity contribution in [3.05, 3.63) is 35.4 Å². The van der Waals surface area contributed by atoms with Crippen molar-refractivity contribution in [1.29, 1.82) is 0 Å². The summed E-state index contributed by atoms with van der Waals surface area (Å²) in [6, 6.07) is 7.65. The van der Waals surface area contributed by atoms with Gasteiger partial charge in [0.15, 0.2) is 0 Å². The summed E-state index contributed by atoms with van der Waals surface area (Å²) in [6.07, 6.45) is 1.10. The van der Waals surface area contributed by atoms with Crippen LogP contribution in [0.3, 0.4) is 0 Å². The van der Waals surface area contributed by atoms with Gasteiger partial charge in [-0.3, -0.25) is 14.5 Å². The van der Waals surface area contributed by atoms with Crippen LogP contribution in [-0.2, 0) is 9.59 Å². The second kappa shape index (κ2) is 8.54. The first kappa shape index (κ1) is 18.2. The first-order valence-electron chi connectivity index (χ1n) is 7.53. The Morgan fingerprint density at radius 1 is 1.18 bits per heavy atom. The van der Waals surface area contributed by atoms with E-state index in [4.69, 9.17) is 0 Å². The quantitative estimate of drug-likeness (QED) is 0.778. The van der Waals surface area contributed by atoms with Crippen molar-refractivity contribution in [3.63, 3.8) is 0 Å². The number of amides is 2. The minimum Gasteiger partial charge on any atom is -0.354 e. The van der Waals surface area contributed by atoms with E-state index < -0.39 is 0 Å². The molecule has 0 radical (unpaired) electrons. The number of rotatable bonds is 7. The fourth-order valence-corrected chi connectivity index (χ4v) is 2.30. The molecule has 5 heteroatoms. The summed E-state index contributed by atoms with van der Waals surface area (Å²) in [4.78, 5) is 27.4. The van der Waals surface area contributed by atoms with Crippen molar-refractivity contribution >= 4 is 11.8 Å². The zero-order chi connectivity index (χ0) is 16.7. The lowest BCUT2D eigenvalue weighted by Gasteiger charge is -2.24. The molecule has 1 rings (SSSR count). The lowest BCUT2D eigenvalue weighted by Crippen LogP contribution is -2.37. The zero-order valence-electron chi connectivity index (χ0n) is 14.2. The molecule has 1 aromatic carbocycles. The van der Waals surface area contributed by atoms with Gasteiger partial charge >= 0.3 is 0 Å². The molecule has 0 aromatic heterocycles. The standard InChI is InChI=1S/C17H27N3O2/c1-13-8-6-9-14(12-13)16(20(4)5)17(22)18-11-7-10-15(21)19(2)3/h6,8-9,12,16H,7,10-11H2,1-5H3,(H,18,22)/t16-/m1/s1. The number of nitrogens with zero attached hydrogens (tertiary/aromatic N) is 2. The molecule has 5 nitrogen and oxygen atoms in total. The van der Waals surface area contributed by atoms with Gasteiger partial charge in [-0.25, -0.2) is 0 Å². The third-order valence-electron chi connectivity index (χ3n) is 3.49. The molecule has 2 amide bonds. The molecule has 0 aliphatic rings. The highest BCUT2D eigenvalue weighted by atomic mass is 16.2. The van der Waals surface area contributed by atoms with Gasteiger partial charge in [0, 0.05) is 27.1 Å². The van der Waals surface area contributed by atoms with Gasteiger partial charge in [-0.05, 0) is 33.0 Å². The number of aryl methyl sites for hydroxylation is 1. The number of carbonyl (C=O) groups excluding carboxylic acids is 2. The van der Waals surface area contributed by atoms with Crippen molar-refractivity contribution in [1.82, 2.24) is 15.1 Å². The molecule has 0 saturated heterocycles. The molecule has 0 unspecified atom stereocenters. The molecule has 1 aromatic rings. The maximum Gasteiger partial charge on any atom is 0.241 e. The van der Waals surface area contributed by atoms with E-state index in [-0.39, 0.29) is 17.9 Å². The molecule has 1 atom stereocenters. The molecule has 122 valence electrons. The molecule has 0 bridgehead atoms. The van der Waals surface area contributed by atoms with Gasteiger partial charge in [-0.2, -0.15) is 0 Å². The number of hydrogen-bond donors (Lipinski definition) is 1. The maximum atomic E-state index is 12.4. The fourth-order valence-electron chi connectivity index (χ4n) is 2.30. The average Bonchev–Trinajstić information content (AvgIpc) is 2.43. The lowest BCUT2D eigenvalue weighted by atomic mass is 10.0. The Morgan fingerprint density at radius 3 is 2.41 bits per heavy atom. The number of nitrogens with one attached hydrogen (secondary N) is 1. The van der Waals surface area contributed by atoms with E-state index >= 15 is 0 Å². The topological polar surface area (TPSA) is 52.7 Å². The summed E-state index contributed by atoms with van der Waals surface area (Å²) in [5.41, 5.74) is 2.11. The van der Waals surface area contributed by atoms with Crippen LogP contribution in [-0.4, -0.2) is 56.3 Å². The van der Waals surface area contributed by atoms with Crippen LogP contribution in [0.1, 0.15) is 30.0 Å². The van der Waals surface area contributed by atoms with E-state index in [1.54, 1.807) is 19.0 Å². The van der Waals surface area contributed by atoms with Gasteiger partial charge in [0.1, 0.15) is 6.04 Å². The minimum atomic E-state index is -0.315.